The van der Waals surface area contributed by atoms with Crippen molar-refractivity contribution in [3.8, 4) is 11.1 Å². The standard InChI is InChI=1S/C21H30N2/c1-17(10-9-15-23(5)21(2,3)4)19-12-6-7-13-20(19)18-11-8-14-22-16-18/h6-8,11-14,16-17H,9-10,15H2,1-5H3. The van der Waals surface area contributed by atoms with Gasteiger partial charge in [0.25, 0.3) is 0 Å². The van der Waals surface area contributed by atoms with Gasteiger partial charge in [0.15, 0.2) is 0 Å². The van der Waals surface area contributed by atoms with Gasteiger partial charge in [-0.1, -0.05) is 37.3 Å². The van der Waals surface area contributed by atoms with Crippen LogP contribution in [0.2, 0.25) is 0 Å². The highest BCUT2D eigenvalue weighted by Crippen LogP contribution is 2.31. The maximum absolute atomic E-state index is 4.27. The van der Waals surface area contributed by atoms with Crippen molar-refractivity contribution in [3.63, 3.8) is 0 Å². The summed E-state index contributed by atoms with van der Waals surface area (Å²) in [5.41, 5.74) is 4.20. The topological polar surface area (TPSA) is 16.1 Å². The van der Waals surface area contributed by atoms with Crippen LogP contribution in [-0.2, 0) is 0 Å². The first-order chi connectivity index (χ1) is 10.9. The van der Waals surface area contributed by atoms with Gasteiger partial charge in [-0.15, -0.1) is 0 Å². The van der Waals surface area contributed by atoms with E-state index < -0.39 is 0 Å². The van der Waals surface area contributed by atoms with Gasteiger partial charge < -0.3 is 4.90 Å². The Morgan fingerprint density at radius 3 is 2.48 bits per heavy atom. The average Bonchev–Trinajstić information content (AvgIpc) is 2.54. The summed E-state index contributed by atoms with van der Waals surface area (Å²) in [7, 11) is 2.22. The van der Waals surface area contributed by atoms with E-state index in [1.165, 1.54) is 29.5 Å². The number of hydrogen-bond acceptors (Lipinski definition) is 2. The van der Waals surface area contributed by atoms with Crippen molar-refractivity contribution in [2.75, 3.05) is 13.6 Å². The van der Waals surface area contributed by atoms with E-state index in [2.05, 4.69) is 75.0 Å². The molecule has 0 N–H and O–H groups in total. The Morgan fingerprint density at radius 1 is 1.09 bits per heavy atom. The van der Waals surface area contributed by atoms with Crippen LogP contribution >= 0.6 is 0 Å². The number of benzene rings is 1. The van der Waals surface area contributed by atoms with Crippen molar-refractivity contribution < 1.29 is 0 Å². The Balaban J connectivity index is 2.05. The van der Waals surface area contributed by atoms with E-state index in [0.717, 1.165) is 6.54 Å². The lowest BCUT2D eigenvalue weighted by molar-refractivity contribution is 0.172. The number of aromatic nitrogens is 1. The van der Waals surface area contributed by atoms with Crippen LogP contribution in [0.25, 0.3) is 11.1 Å². The van der Waals surface area contributed by atoms with Gasteiger partial charge in [0, 0.05) is 23.5 Å². The van der Waals surface area contributed by atoms with Crippen LogP contribution in [0.15, 0.2) is 48.8 Å². The minimum Gasteiger partial charge on any atom is -0.302 e. The fourth-order valence-electron chi connectivity index (χ4n) is 2.84. The first-order valence-corrected chi connectivity index (χ1v) is 8.60. The van der Waals surface area contributed by atoms with E-state index in [9.17, 15) is 0 Å². The van der Waals surface area contributed by atoms with Crippen molar-refractivity contribution in [2.24, 2.45) is 0 Å². The van der Waals surface area contributed by atoms with Crippen LogP contribution in [0.4, 0.5) is 0 Å². The molecule has 2 rings (SSSR count). The molecule has 0 radical (unpaired) electrons. The maximum Gasteiger partial charge on any atom is 0.0346 e. The molecule has 2 heteroatoms. The summed E-state index contributed by atoms with van der Waals surface area (Å²) in [6, 6.07) is 12.9. The third kappa shape index (κ3) is 4.90. The summed E-state index contributed by atoms with van der Waals surface area (Å²) in [6.07, 6.45) is 6.21. The molecule has 1 atom stereocenters. The first kappa shape index (κ1) is 17.7. The molecule has 0 aliphatic rings. The molecule has 1 heterocycles. The summed E-state index contributed by atoms with van der Waals surface area (Å²) in [5, 5.41) is 0. The summed E-state index contributed by atoms with van der Waals surface area (Å²) in [6.45, 7) is 10.3. The van der Waals surface area contributed by atoms with Crippen molar-refractivity contribution in [3.05, 3.63) is 54.4 Å². The predicted octanol–water partition coefficient (Wildman–Crippen LogP) is 5.36. The van der Waals surface area contributed by atoms with Crippen LogP contribution < -0.4 is 0 Å². The largest absolute Gasteiger partial charge is 0.302 e. The first-order valence-electron chi connectivity index (χ1n) is 8.60. The minimum absolute atomic E-state index is 0.247. The zero-order chi connectivity index (χ0) is 16.9. The summed E-state index contributed by atoms with van der Waals surface area (Å²) < 4.78 is 0. The van der Waals surface area contributed by atoms with Gasteiger partial charge in [-0.25, -0.2) is 0 Å². The van der Waals surface area contributed by atoms with E-state index in [-0.39, 0.29) is 5.54 Å². The zero-order valence-corrected chi connectivity index (χ0v) is 15.2. The molecule has 0 amide bonds. The van der Waals surface area contributed by atoms with Crippen molar-refractivity contribution in [1.29, 1.82) is 0 Å². The molecule has 0 saturated carbocycles. The molecule has 124 valence electrons. The lowest BCUT2D eigenvalue weighted by Gasteiger charge is -2.32. The van der Waals surface area contributed by atoms with E-state index >= 15 is 0 Å². The van der Waals surface area contributed by atoms with Crippen LogP contribution in [-0.4, -0.2) is 29.0 Å². The Kier molecular flexibility index (Phi) is 5.95. The summed E-state index contributed by atoms with van der Waals surface area (Å²) in [5.74, 6) is 0.555. The number of rotatable bonds is 6. The number of nitrogens with zero attached hydrogens (tertiary/aromatic N) is 2. The minimum atomic E-state index is 0.247. The van der Waals surface area contributed by atoms with Gasteiger partial charge in [0.2, 0.25) is 0 Å². The van der Waals surface area contributed by atoms with Crippen molar-refractivity contribution >= 4 is 0 Å². The average molecular weight is 310 g/mol. The Bertz CT molecular complexity index is 599. The molecule has 1 unspecified atom stereocenters. The highest BCUT2D eigenvalue weighted by Gasteiger charge is 2.17. The number of pyridine rings is 1. The molecule has 0 aliphatic heterocycles. The quantitative estimate of drug-likeness (QED) is 0.713. The van der Waals surface area contributed by atoms with Crippen LogP contribution in [0, 0.1) is 0 Å². The lowest BCUT2D eigenvalue weighted by atomic mass is 9.89. The van der Waals surface area contributed by atoms with E-state index in [1.807, 2.05) is 18.5 Å². The van der Waals surface area contributed by atoms with E-state index in [0.29, 0.717) is 5.92 Å². The molecule has 2 aromatic rings. The third-order valence-corrected chi connectivity index (χ3v) is 4.74. The second-order valence-corrected chi connectivity index (χ2v) is 7.46. The van der Waals surface area contributed by atoms with Gasteiger partial charge in [0.1, 0.15) is 0 Å². The zero-order valence-electron chi connectivity index (χ0n) is 15.2. The molecule has 1 aromatic heterocycles. The summed E-state index contributed by atoms with van der Waals surface area (Å²) in [4.78, 5) is 6.70. The highest BCUT2D eigenvalue weighted by molar-refractivity contribution is 5.67. The maximum atomic E-state index is 4.27. The summed E-state index contributed by atoms with van der Waals surface area (Å²) >= 11 is 0. The van der Waals surface area contributed by atoms with Gasteiger partial charge in [-0.3, -0.25) is 4.98 Å². The van der Waals surface area contributed by atoms with Crippen LogP contribution in [0.5, 0.6) is 0 Å². The number of hydrogen-bond donors (Lipinski definition) is 0. The SMILES string of the molecule is CC(CCCN(C)C(C)(C)C)c1ccccc1-c1cccnc1. The van der Waals surface area contributed by atoms with E-state index in [1.54, 1.807) is 0 Å². The molecule has 2 nitrogen and oxygen atoms in total. The van der Waals surface area contributed by atoms with Gasteiger partial charge in [0.05, 0.1) is 0 Å². The lowest BCUT2D eigenvalue weighted by Crippen LogP contribution is -2.38. The molecule has 0 fully saturated rings. The predicted molar refractivity (Wildman–Crippen MR) is 99.7 cm³/mol. The van der Waals surface area contributed by atoms with Gasteiger partial charge in [-0.2, -0.15) is 0 Å². The van der Waals surface area contributed by atoms with Crippen molar-refractivity contribution in [2.45, 2.75) is 52.0 Å². The highest BCUT2D eigenvalue weighted by atomic mass is 15.1. The molecule has 1 aromatic carbocycles. The molecule has 0 aliphatic carbocycles. The second-order valence-electron chi connectivity index (χ2n) is 7.46. The van der Waals surface area contributed by atoms with Crippen LogP contribution in [0.1, 0.15) is 52.0 Å². The Hall–Kier alpha value is -1.67. The molecule has 23 heavy (non-hydrogen) atoms. The molecular weight excluding hydrogens is 280 g/mol. The molecular formula is C21H30N2. The molecule has 0 spiro atoms. The Morgan fingerprint density at radius 2 is 1.83 bits per heavy atom. The van der Waals surface area contributed by atoms with E-state index in [4.69, 9.17) is 0 Å². The van der Waals surface area contributed by atoms with Crippen LogP contribution in [0.3, 0.4) is 0 Å². The third-order valence-electron chi connectivity index (χ3n) is 4.74. The fraction of sp³-hybridized carbons (Fsp3) is 0.476. The Labute approximate surface area is 141 Å². The normalized spacial score (nSPS) is 13.3. The van der Waals surface area contributed by atoms with Crippen molar-refractivity contribution in [1.82, 2.24) is 9.88 Å². The smallest absolute Gasteiger partial charge is 0.0346 e. The van der Waals surface area contributed by atoms with Gasteiger partial charge in [-0.05, 0) is 70.3 Å². The second kappa shape index (κ2) is 7.74. The monoisotopic (exact) mass is 310 g/mol. The molecule has 0 saturated heterocycles. The fourth-order valence-corrected chi connectivity index (χ4v) is 2.84. The van der Waals surface area contributed by atoms with Gasteiger partial charge >= 0.3 is 0 Å². The molecule has 0 bridgehead atoms.